The molecule has 12 heavy (non-hydrogen) atoms. The third-order valence-corrected chi connectivity index (χ3v) is 2.39. The van der Waals surface area contributed by atoms with Crippen molar-refractivity contribution in [1.29, 1.82) is 0 Å². The van der Waals surface area contributed by atoms with Gasteiger partial charge in [0.1, 0.15) is 0 Å². The molecule has 1 N–H and O–H groups in total. The van der Waals surface area contributed by atoms with Gasteiger partial charge in [0, 0.05) is 19.8 Å². The van der Waals surface area contributed by atoms with Gasteiger partial charge >= 0.3 is 0 Å². The maximum atomic E-state index is 10.6. The van der Waals surface area contributed by atoms with Crippen molar-refractivity contribution < 1.29 is 32.8 Å². The van der Waals surface area contributed by atoms with Gasteiger partial charge in [-0.1, -0.05) is 18.2 Å². The predicted molar refractivity (Wildman–Crippen MR) is 41.0 cm³/mol. The van der Waals surface area contributed by atoms with Crippen molar-refractivity contribution in [2.75, 3.05) is 0 Å². The van der Waals surface area contributed by atoms with E-state index in [2.05, 4.69) is 0 Å². The van der Waals surface area contributed by atoms with Crippen LogP contribution in [0.5, 0.6) is 0 Å². The van der Waals surface area contributed by atoms with Crippen LogP contribution in [-0.4, -0.2) is 13.0 Å². The van der Waals surface area contributed by atoms with Gasteiger partial charge < -0.3 is 0 Å². The van der Waals surface area contributed by atoms with Gasteiger partial charge in [-0.2, -0.15) is 8.42 Å². The van der Waals surface area contributed by atoms with Crippen LogP contribution in [0.3, 0.4) is 0 Å². The van der Waals surface area contributed by atoms with Crippen LogP contribution in [-0.2, 0) is 29.9 Å². The molecule has 1 rings (SSSR count). The summed E-state index contributed by atoms with van der Waals surface area (Å²) in [6.45, 7) is 1.63. The number of aryl methyl sites for hydroxylation is 1. The van der Waals surface area contributed by atoms with Gasteiger partial charge in [-0.3, -0.25) is 4.55 Å². The molecule has 0 saturated carbocycles. The number of benzene rings is 1. The first kappa shape index (κ1) is 11.8. The molecule has 0 atom stereocenters. The molecule has 0 heterocycles. The van der Waals surface area contributed by atoms with Crippen LogP contribution >= 0.6 is 0 Å². The zero-order valence-corrected chi connectivity index (χ0v) is 9.69. The Morgan fingerprint density at radius 2 is 1.75 bits per heavy atom. The molecule has 3 nitrogen and oxygen atoms in total. The summed E-state index contributed by atoms with van der Waals surface area (Å²) < 4.78 is 29.9. The molecule has 0 aromatic heterocycles. The topological polar surface area (TPSA) is 54.4 Å². The monoisotopic (exact) mass is 364 g/mol. The van der Waals surface area contributed by atoms with Gasteiger partial charge in [-0.15, -0.1) is 0 Å². The van der Waals surface area contributed by atoms with Crippen molar-refractivity contribution >= 4 is 10.1 Å². The van der Waals surface area contributed by atoms with Crippen molar-refractivity contribution in [3.63, 3.8) is 0 Å². The summed E-state index contributed by atoms with van der Waals surface area (Å²) >= 11 is 0. The van der Waals surface area contributed by atoms with Crippen LogP contribution in [0.1, 0.15) is 5.56 Å². The Hall–Kier alpha value is -0.234. The standard InChI is InChI=1S/C7H8O3S.Os/c1-6-4-2-3-5-7(6)11(8,9)10;/h2-5H,1H3,(H,8,9,10);. The Morgan fingerprint density at radius 3 is 2.08 bits per heavy atom. The summed E-state index contributed by atoms with van der Waals surface area (Å²) in [6.07, 6.45) is 0. The summed E-state index contributed by atoms with van der Waals surface area (Å²) in [4.78, 5) is -0.0278. The molecule has 1 aromatic carbocycles. The Kier molecular flexibility index (Phi) is 4.05. The van der Waals surface area contributed by atoms with E-state index in [4.69, 9.17) is 4.55 Å². The maximum Gasteiger partial charge on any atom is 0.294 e. The molecule has 0 bridgehead atoms. The molecule has 68 valence electrons. The van der Waals surface area contributed by atoms with Gasteiger partial charge in [0.25, 0.3) is 10.1 Å². The van der Waals surface area contributed by atoms with E-state index in [1.165, 1.54) is 6.07 Å². The van der Waals surface area contributed by atoms with E-state index >= 15 is 0 Å². The Morgan fingerprint density at radius 1 is 1.25 bits per heavy atom. The molecule has 0 aliphatic carbocycles. The average Bonchev–Trinajstić information content (AvgIpc) is 1.86. The van der Waals surface area contributed by atoms with Crippen LogP contribution in [0.2, 0.25) is 0 Å². The van der Waals surface area contributed by atoms with Crippen LogP contribution < -0.4 is 0 Å². The molecule has 0 spiro atoms. The van der Waals surface area contributed by atoms with E-state index in [1.807, 2.05) is 0 Å². The molecule has 5 heteroatoms. The van der Waals surface area contributed by atoms with Crippen molar-refractivity contribution in [2.24, 2.45) is 0 Å². The summed E-state index contributed by atoms with van der Waals surface area (Å²) in [5, 5.41) is 0. The zero-order chi connectivity index (χ0) is 8.48. The molecular weight excluding hydrogens is 354 g/mol. The van der Waals surface area contributed by atoms with Crippen LogP contribution in [0.15, 0.2) is 29.2 Å². The first-order valence-electron chi connectivity index (χ1n) is 3.05. The maximum absolute atomic E-state index is 10.6. The van der Waals surface area contributed by atoms with Crippen LogP contribution in [0.25, 0.3) is 0 Å². The minimum Gasteiger partial charge on any atom is -0.282 e. The summed E-state index contributed by atoms with van der Waals surface area (Å²) in [7, 11) is -4.03. The second-order valence-electron chi connectivity index (χ2n) is 2.24. The fourth-order valence-electron chi connectivity index (χ4n) is 0.846. The van der Waals surface area contributed by atoms with E-state index in [-0.39, 0.29) is 24.7 Å². The first-order chi connectivity index (χ1) is 5.02. The number of hydrogen-bond donors (Lipinski definition) is 1. The van der Waals surface area contributed by atoms with E-state index in [0.29, 0.717) is 5.56 Å². The van der Waals surface area contributed by atoms with Gasteiger partial charge in [0.15, 0.2) is 0 Å². The second-order valence-corrected chi connectivity index (χ2v) is 3.63. The van der Waals surface area contributed by atoms with Crippen LogP contribution in [0.4, 0.5) is 0 Å². The second kappa shape index (κ2) is 4.13. The molecule has 0 fully saturated rings. The van der Waals surface area contributed by atoms with Crippen LogP contribution in [0, 0.1) is 6.92 Å². The SMILES string of the molecule is Cc1ccccc1S(=O)(=O)O.[Os]. The molecule has 0 aliphatic heterocycles. The van der Waals surface area contributed by atoms with E-state index in [9.17, 15) is 8.42 Å². The molecule has 0 unspecified atom stereocenters. The Labute approximate surface area is 84.6 Å². The van der Waals surface area contributed by atoms with Gasteiger partial charge in [-0.25, -0.2) is 0 Å². The average molecular weight is 362 g/mol. The predicted octanol–water partition coefficient (Wildman–Crippen LogP) is 1.24. The third kappa shape index (κ3) is 2.67. The van der Waals surface area contributed by atoms with Crippen molar-refractivity contribution in [1.82, 2.24) is 0 Å². The fourth-order valence-corrected chi connectivity index (χ4v) is 1.57. The smallest absolute Gasteiger partial charge is 0.282 e. The summed E-state index contributed by atoms with van der Waals surface area (Å²) in [6, 6.07) is 6.27. The molecular formula is C7H8O3OsS. The Bertz CT molecular complexity index is 359. The van der Waals surface area contributed by atoms with Crippen molar-refractivity contribution in [2.45, 2.75) is 11.8 Å². The van der Waals surface area contributed by atoms with E-state index in [1.54, 1.807) is 25.1 Å². The molecule has 1 aromatic rings. The Balaban J connectivity index is 0.00000121. The van der Waals surface area contributed by atoms with Crippen molar-refractivity contribution in [3.8, 4) is 0 Å². The van der Waals surface area contributed by atoms with Gasteiger partial charge in [0.05, 0.1) is 4.90 Å². The molecule has 0 radical (unpaired) electrons. The number of hydrogen-bond acceptors (Lipinski definition) is 2. The minimum atomic E-state index is -4.03. The molecule has 0 aliphatic rings. The van der Waals surface area contributed by atoms with Crippen molar-refractivity contribution in [3.05, 3.63) is 29.8 Å². The van der Waals surface area contributed by atoms with E-state index < -0.39 is 10.1 Å². The summed E-state index contributed by atoms with van der Waals surface area (Å²) in [5.41, 5.74) is 0.551. The molecule has 0 amide bonds. The summed E-state index contributed by atoms with van der Waals surface area (Å²) in [5.74, 6) is 0. The first-order valence-corrected chi connectivity index (χ1v) is 4.49. The fraction of sp³-hybridized carbons (Fsp3) is 0.143. The number of rotatable bonds is 1. The largest absolute Gasteiger partial charge is 0.294 e. The van der Waals surface area contributed by atoms with E-state index in [0.717, 1.165) is 0 Å². The quantitative estimate of drug-likeness (QED) is 0.765. The third-order valence-electron chi connectivity index (χ3n) is 1.37. The van der Waals surface area contributed by atoms with Gasteiger partial charge in [0.2, 0.25) is 0 Å². The normalized spacial score (nSPS) is 10.5. The minimum absolute atomic E-state index is 0. The molecule has 0 saturated heterocycles. The zero-order valence-electron chi connectivity index (χ0n) is 6.33. The van der Waals surface area contributed by atoms with Gasteiger partial charge in [-0.05, 0) is 18.6 Å².